The van der Waals surface area contributed by atoms with Gasteiger partial charge in [0, 0.05) is 4.47 Å². The molecule has 0 radical (unpaired) electrons. The van der Waals surface area contributed by atoms with Crippen LogP contribution < -0.4 is 4.74 Å². The van der Waals surface area contributed by atoms with Crippen molar-refractivity contribution in [2.75, 3.05) is 13.1 Å². The molecule has 1 amide bonds. The number of rotatable bonds is 2. The average molecular weight is 328 g/mol. The molecule has 1 heterocycles. The first kappa shape index (κ1) is 14.2. The minimum absolute atomic E-state index is 0.0434. The molecule has 0 spiro atoms. The molecular weight excluding hydrogens is 310 g/mol. The number of likely N-dealkylation sites (tertiary alicyclic amines) is 1. The predicted molar refractivity (Wildman–Crippen MR) is 76.4 cm³/mol. The Morgan fingerprint density at radius 1 is 1.37 bits per heavy atom. The number of hydrogen-bond acceptors (Lipinski definition) is 3. The monoisotopic (exact) mass is 327 g/mol. The molecule has 1 fully saturated rings. The van der Waals surface area contributed by atoms with Crippen LogP contribution in [0.3, 0.4) is 0 Å². The molecule has 0 saturated carbocycles. The summed E-state index contributed by atoms with van der Waals surface area (Å²) in [5.74, 6) is 0.809. The van der Waals surface area contributed by atoms with Crippen molar-refractivity contribution in [3.8, 4) is 5.75 Å². The van der Waals surface area contributed by atoms with Gasteiger partial charge in [-0.2, -0.15) is 0 Å². The molecule has 0 unspecified atom stereocenters. The van der Waals surface area contributed by atoms with Crippen LogP contribution in [0.1, 0.15) is 20.8 Å². The van der Waals surface area contributed by atoms with Gasteiger partial charge in [0.25, 0.3) is 0 Å². The Hall–Kier alpha value is -1.23. The largest absolute Gasteiger partial charge is 0.487 e. The summed E-state index contributed by atoms with van der Waals surface area (Å²) in [4.78, 5) is 13.4. The Balaban J connectivity index is 1.79. The number of halogens is 1. The van der Waals surface area contributed by atoms with E-state index in [4.69, 9.17) is 9.47 Å². The standard InChI is InChI=1S/C14H18BrNO3/c1-14(2,3)19-13(17)16-8-12(9-16)18-11-6-4-5-10(15)7-11/h4-7,12H,8-9H2,1-3H3. The van der Waals surface area contributed by atoms with Gasteiger partial charge < -0.3 is 14.4 Å². The number of ether oxygens (including phenoxy) is 2. The van der Waals surface area contributed by atoms with Crippen molar-refractivity contribution in [3.05, 3.63) is 28.7 Å². The Kier molecular flexibility index (Phi) is 4.04. The first-order valence-electron chi connectivity index (χ1n) is 6.24. The molecule has 0 bridgehead atoms. The molecule has 4 nitrogen and oxygen atoms in total. The fraction of sp³-hybridized carbons (Fsp3) is 0.500. The summed E-state index contributed by atoms with van der Waals surface area (Å²) in [5, 5.41) is 0. The molecule has 19 heavy (non-hydrogen) atoms. The van der Waals surface area contributed by atoms with E-state index in [1.807, 2.05) is 45.0 Å². The Morgan fingerprint density at radius 2 is 2.05 bits per heavy atom. The molecule has 0 N–H and O–H groups in total. The second-order valence-electron chi connectivity index (χ2n) is 5.58. The number of benzene rings is 1. The van der Waals surface area contributed by atoms with Gasteiger partial charge in [-0.15, -0.1) is 0 Å². The lowest BCUT2D eigenvalue weighted by Gasteiger charge is -2.39. The van der Waals surface area contributed by atoms with Gasteiger partial charge in [-0.3, -0.25) is 0 Å². The number of hydrogen-bond donors (Lipinski definition) is 0. The predicted octanol–water partition coefficient (Wildman–Crippen LogP) is 3.45. The topological polar surface area (TPSA) is 38.8 Å². The van der Waals surface area contributed by atoms with Crippen molar-refractivity contribution in [1.29, 1.82) is 0 Å². The van der Waals surface area contributed by atoms with Crippen LogP contribution >= 0.6 is 15.9 Å². The summed E-state index contributed by atoms with van der Waals surface area (Å²) in [6.07, 6.45) is -0.233. The van der Waals surface area contributed by atoms with Gasteiger partial charge in [0.05, 0.1) is 13.1 Å². The Bertz CT molecular complexity index is 464. The summed E-state index contributed by atoms with van der Waals surface area (Å²) in [6.45, 7) is 6.73. The van der Waals surface area contributed by atoms with E-state index in [2.05, 4.69) is 15.9 Å². The van der Waals surface area contributed by atoms with Gasteiger partial charge >= 0.3 is 6.09 Å². The minimum Gasteiger partial charge on any atom is -0.487 e. The van der Waals surface area contributed by atoms with Crippen LogP contribution in [0, 0.1) is 0 Å². The highest BCUT2D eigenvalue weighted by molar-refractivity contribution is 9.10. The lowest BCUT2D eigenvalue weighted by molar-refractivity contribution is -0.0221. The lowest BCUT2D eigenvalue weighted by Crippen LogP contribution is -2.57. The first-order chi connectivity index (χ1) is 8.83. The average Bonchev–Trinajstić information content (AvgIpc) is 2.20. The van der Waals surface area contributed by atoms with Crippen molar-refractivity contribution in [2.24, 2.45) is 0 Å². The van der Waals surface area contributed by atoms with E-state index in [-0.39, 0.29) is 12.2 Å². The summed E-state index contributed by atoms with van der Waals surface area (Å²) in [6, 6.07) is 7.68. The van der Waals surface area contributed by atoms with Crippen molar-refractivity contribution < 1.29 is 14.3 Å². The second kappa shape index (κ2) is 5.41. The van der Waals surface area contributed by atoms with Crippen LogP contribution in [0.5, 0.6) is 5.75 Å². The van der Waals surface area contributed by atoms with E-state index in [1.54, 1.807) is 4.90 Å². The summed E-state index contributed by atoms with van der Waals surface area (Å²) < 4.78 is 12.0. The van der Waals surface area contributed by atoms with Crippen molar-refractivity contribution in [2.45, 2.75) is 32.5 Å². The highest BCUT2D eigenvalue weighted by Crippen LogP contribution is 2.23. The normalized spacial score (nSPS) is 15.9. The van der Waals surface area contributed by atoms with E-state index in [9.17, 15) is 4.79 Å². The molecule has 1 aromatic carbocycles. The van der Waals surface area contributed by atoms with E-state index < -0.39 is 5.60 Å². The van der Waals surface area contributed by atoms with Crippen molar-refractivity contribution in [3.63, 3.8) is 0 Å². The lowest BCUT2D eigenvalue weighted by atomic mass is 10.1. The number of nitrogens with zero attached hydrogens (tertiary/aromatic N) is 1. The molecule has 1 aromatic rings. The Morgan fingerprint density at radius 3 is 2.63 bits per heavy atom. The maximum atomic E-state index is 11.7. The van der Waals surface area contributed by atoms with Gasteiger partial charge in [0.1, 0.15) is 17.5 Å². The smallest absolute Gasteiger partial charge is 0.410 e. The van der Waals surface area contributed by atoms with Crippen LogP contribution in [0.15, 0.2) is 28.7 Å². The zero-order chi connectivity index (χ0) is 14.0. The molecule has 0 atom stereocenters. The van der Waals surface area contributed by atoms with Gasteiger partial charge in [-0.05, 0) is 39.0 Å². The molecular formula is C14H18BrNO3. The third kappa shape index (κ3) is 4.13. The highest BCUT2D eigenvalue weighted by Gasteiger charge is 2.35. The van der Waals surface area contributed by atoms with E-state index in [0.29, 0.717) is 13.1 Å². The molecule has 104 valence electrons. The summed E-state index contributed by atoms with van der Waals surface area (Å²) in [5.41, 5.74) is -0.451. The van der Waals surface area contributed by atoms with Crippen LogP contribution in [0.4, 0.5) is 4.79 Å². The van der Waals surface area contributed by atoms with Crippen molar-refractivity contribution >= 4 is 22.0 Å². The van der Waals surface area contributed by atoms with E-state index >= 15 is 0 Å². The van der Waals surface area contributed by atoms with Crippen LogP contribution in [-0.4, -0.2) is 35.8 Å². The maximum Gasteiger partial charge on any atom is 0.410 e. The maximum absolute atomic E-state index is 11.7. The molecule has 1 aliphatic rings. The summed E-state index contributed by atoms with van der Waals surface area (Å²) >= 11 is 3.40. The van der Waals surface area contributed by atoms with Gasteiger partial charge in [0.2, 0.25) is 0 Å². The molecule has 2 rings (SSSR count). The van der Waals surface area contributed by atoms with Crippen LogP contribution in [0.25, 0.3) is 0 Å². The molecule has 1 aliphatic heterocycles. The zero-order valence-electron chi connectivity index (χ0n) is 11.4. The number of carbonyl (C=O) groups is 1. The van der Waals surface area contributed by atoms with Crippen LogP contribution in [0.2, 0.25) is 0 Å². The quantitative estimate of drug-likeness (QED) is 0.835. The van der Waals surface area contributed by atoms with Gasteiger partial charge in [-0.25, -0.2) is 4.79 Å². The Labute approximate surface area is 121 Å². The molecule has 0 aromatic heterocycles. The number of carbonyl (C=O) groups excluding carboxylic acids is 1. The van der Waals surface area contributed by atoms with Gasteiger partial charge in [-0.1, -0.05) is 22.0 Å². The first-order valence-corrected chi connectivity index (χ1v) is 7.03. The molecule has 0 aliphatic carbocycles. The SMILES string of the molecule is CC(C)(C)OC(=O)N1CC(Oc2cccc(Br)c2)C1. The molecule has 5 heteroatoms. The number of amides is 1. The fourth-order valence-electron chi connectivity index (χ4n) is 1.72. The molecule has 1 saturated heterocycles. The summed E-state index contributed by atoms with van der Waals surface area (Å²) in [7, 11) is 0. The third-order valence-corrected chi connectivity index (χ3v) is 3.09. The zero-order valence-corrected chi connectivity index (χ0v) is 12.9. The van der Waals surface area contributed by atoms with E-state index in [1.165, 1.54) is 0 Å². The van der Waals surface area contributed by atoms with E-state index in [0.717, 1.165) is 10.2 Å². The highest BCUT2D eigenvalue weighted by atomic mass is 79.9. The fourth-order valence-corrected chi connectivity index (χ4v) is 2.10. The minimum atomic E-state index is -0.451. The van der Waals surface area contributed by atoms with Crippen molar-refractivity contribution in [1.82, 2.24) is 4.90 Å². The van der Waals surface area contributed by atoms with Crippen LogP contribution in [-0.2, 0) is 4.74 Å². The third-order valence-electron chi connectivity index (χ3n) is 2.60. The second-order valence-corrected chi connectivity index (χ2v) is 6.50. The van der Waals surface area contributed by atoms with Gasteiger partial charge in [0.15, 0.2) is 0 Å².